The van der Waals surface area contributed by atoms with Gasteiger partial charge in [0, 0.05) is 12.1 Å². The molecule has 0 fully saturated rings. The lowest BCUT2D eigenvalue weighted by Crippen LogP contribution is -2.20. The van der Waals surface area contributed by atoms with E-state index in [9.17, 15) is 13.2 Å². The molecule has 0 aliphatic rings. The summed E-state index contributed by atoms with van der Waals surface area (Å²) in [5.41, 5.74) is 1.54. The van der Waals surface area contributed by atoms with Crippen LogP contribution in [-0.2, 0) is 14.6 Å². The number of hydrogen-bond acceptors (Lipinski definition) is 4. The van der Waals surface area contributed by atoms with Gasteiger partial charge in [-0.1, -0.05) is 24.8 Å². The van der Waals surface area contributed by atoms with E-state index in [-0.39, 0.29) is 23.8 Å². The second kappa shape index (κ2) is 7.06. The van der Waals surface area contributed by atoms with Crippen LogP contribution in [0.4, 0.5) is 5.69 Å². The minimum Gasteiger partial charge on any atom is -0.395 e. The number of carbonyl (C=O) groups excluding carboxylic acids is 1. The van der Waals surface area contributed by atoms with E-state index in [1.165, 1.54) is 0 Å². The smallest absolute Gasteiger partial charge is 0.225 e. The van der Waals surface area contributed by atoms with Gasteiger partial charge in [0.25, 0.3) is 0 Å². The van der Waals surface area contributed by atoms with E-state index < -0.39 is 16.4 Å². The van der Waals surface area contributed by atoms with Gasteiger partial charge in [-0.05, 0) is 17.7 Å². The minimum absolute atomic E-state index is 0.120. The van der Waals surface area contributed by atoms with E-state index >= 15 is 0 Å². The molecule has 0 unspecified atom stereocenters. The van der Waals surface area contributed by atoms with E-state index in [4.69, 9.17) is 5.11 Å². The van der Waals surface area contributed by atoms with Gasteiger partial charge >= 0.3 is 0 Å². The molecule has 1 aromatic rings. The van der Waals surface area contributed by atoms with Crippen molar-refractivity contribution in [3.63, 3.8) is 0 Å². The average Bonchev–Trinajstić information content (AvgIpc) is 2.37. The third-order valence-corrected chi connectivity index (χ3v) is 4.10. The Balaban J connectivity index is 2.49. The van der Waals surface area contributed by atoms with Crippen LogP contribution in [0.5, 0.6) is 0 Å². The maximum Gasteiger partial charge on any atom is 0.225 e. The van der Waals surface area contributed by atoms with Crippen molar-refractivity contribution in [2.24, 2.45) is 0 Å². The molecule has 2 N–H and O–H groups in total. The molecule has 0 saturated heterocycles. The lowest BCUT2D eigenvalue weighted by Gasteiger charge is -2.06. The lowest BCUT2D eigenvalue weighted by atomic mass is 10.2. The van der Waals surface area contributed by atoms with Gasteiger partial charge < -0.3 is 10.4 Å². The van der Waals surface area contributed by atoms with Crippen LogP contribution >= 0.6 is 0 Å². The number of carbonyl (C=O) groups is 1. The Bertz CT molecular complexity index is 534. The Morgan fingerprint density at radius 3 is 2.42 bits per heavy atom. The molecule has 0 saturated carbocycles. The number of aliphatic hydroxyl groups excluding tert-OH is 1. The summed E-state index contributed by atoms with van der Waals surface area (Å²) in [6, 6.07) is 7.03. The Morgan fingerprint density at radius 2 is 1.89 bits per heavy atom. The number of nitrogens with one attached hydrogen (secondary N) is 1. The summed E-state index contributed by atoms with van der Waals surface area (Å²) in [6.45, 7) is 3.20. The average molecular weight is 283 g/mol. The first-order valence-electron chi connectivity index (χ1n) is 5.80. The summed E-state index contributed by atoms with van der Waals surface area (Å²) in [7, 11) is -3.35. The number of hydrogen-bond donors (Lipinski definition) is 2. The zero-order valence-electron chi connectivity index (χ0n) is 10.5. The molecule has 0 spiro atoms. The molecule has 1 rings (SSSR count). The Morgan fingerprint density at radius 1 is 1.26 bits per heavy atom. The van der Waals surface area contributed by atoms with Crippen LogP contribution in [-0.4, -0.2) is 37.5 Å². The molecule has 104 valence electrons. The maximum atomic E-state index is 11.6. The Hall–Kier alpha value is -1.66. The molecule has 0 bridgehead atoms. The van der Waals surface area contributed by atoms with Gasteiger partial charge in [-0.3, -0.25) is 4.79 Å². The molecular formula is C13H17NO4S. The molecule has 0 atom stereocenters. The van der Waals surface area contributed by atoms with Crippen LogP contribution < -0.4 is 5.32 Å². The first-order valence-corrected chi connectivity index (χ1v) is 7.62. The van der Waals surface area contributed by atoms with Crippen LogP contribution in [0.3, 0.4) is 0 Å². The normalized spacial score (nSPS) is 11.0. The largest absolute Gasteiger partial charge is 0.395 e. The number of benzene rings is 1. The van der Waals surface area contributed by atoms with Crippen LogP contribution in [0.1, 0.15) is 12.0 Å². The predicted molar refractivity (Wildman–Crippen MR) is 75.5 cm³/mol. The molecular weight excluding hydrogens is 266 g/mol. The van der Waals surface area contributed by atoms with Crippen molar-refractivity contribution in [2.75, 3.05) is 23.4 Å². The highest BCUT2D eigenvalue weighted by atomic mass is 32.2. The van der Waals surface area contributed by atoms with Crippen LogP contribution in [0.25, 0.3) is 6.08 Å². The molecule has 6 heteroatoms. The summed E-state index contributed by atoms with van der Waals surface area (Å²) in [6.07, 6.45) is 1.57. The van der Waals surface area contributed by atoms with Crippen molar-refractivity contribution in [1.82, 2.24) is 0 Å². The molecule has 5 nitrogen and oxygen atoms in total. The zero-order chi connectivity index (χ0) is 14.3. The quantitative estimate of drug-likeness (QED) is 0.784. The number of aliphatic hydroxyl groups is 1. The lowest BCUT2D eigenvalue weighted by molar-refractivity contribution is -0.115. The molecule has 0 aromatic heterocycles. The van der Waals surface area contributed by atoms with Crippen molar-refractivity contribution >= 4 is 27.5 Å². The second-order valence-corrected chi connectivity index (χ2v) is 6.30. The summed E-state index contributed by atoms with van der Waals surface area (Å²) < 4.78 is 22.6. The monoisotopic (exact) mass is 283 g/mol. The van der Waals surface area contributed by atoms with Gasteiger partial charge in [-0.2, -0.15) is 0 Å². The van der Waals surface area contributed by atoms with Crippen molar-refractivity contribution in [2.45, 2.75) is 6.42 Å². The standard InChI is InChI=1S/C13H17NO4S/c1-2-11-3-5-12(6-4-11)14-13(16)7-9-19(17,18)10-8-15/h2-6,15H,1,7-10H2,(H,14,16). The van der Waals surface area contributed by atoms with Gasteiger partial charge in [0.1, 0.15) is 0 Å². The van der Waals surface area contributed by atoms with Gasteiger partial charge in [-0.15, -0.1) is 0 Å². The first-order chi connectivity index (χ1) is 8.96. The fraction of sp³-hybridized carbons (Fsp3) is 0.308. The summed E-state index contributed by atoms with van der Waals surface area (Å²) in [5, 5.41) is 11.2. The molecule has 0 heterocycles. The number of sulfone groups is 1. The summed E-state index contributed by atoms with van der Waals surface area (Å²) >= 11 is 0. The summed E-state index contributed by atoms with van der Waals surface area (Å²) in [4.78, 5) is 11.6. The van der Waals surface area contributed by atoms with E-state index in [2.05, 4.69) is 11.9 Å². The molecule has 1 aromatic carbocycles. The van der Waals surface area contributed by atoms with E-state index in [0.29, 0.717) is 5.69 Å². The second-order valence-electron chi connectivity index (χ2n) is 4.00. The third kappa shape index (κ3) is 5.67. The predicted octanol–water partition coefficient (Wildman–Crippen LogP) is 1.07. The maximum absolute atomic E-state index is 11.6. The highest BCUT2D eigenvalue weighted by molar-refractivity contribution is 7.91. The van der Waals surface area contributed by atoms with Crippen LogP contribution in [0.2, 0.25) is 0 Å². The Labute approximate surface area is 112 Å². The van der Waals surface area contributed by atoms with Crippen molar-refractivity contribution in [3.8, 4) is 0 Å². The third-order valence-electron chi connectivity index (χ3n) is 2.47. The van der Waals surface area contributed by atoms with E-state index in [1.54, 1.807) is 30.3 Å². The fourth-order valence-corrected chi connectivity index (χ4v) is 2.39. The zero-order valence-corrected chi connectivity index (χ0v) is 11.3. The van der Waals surface area contributed by atoms with Crippen LogP contribution in [0.15, 0.2) is 30.8 Å². The highest BCUT2D eigenvalue weighted by Gasteiger charge is 2.12. The molecule has 1 amide bonds. The Kier molecular flexibility index (Phi) is 5.72. The van der Waals surface area contributed by atoms with E-state index in [1.807, 2.05) is 0 Å². The van der Waals surface area contributed by atoms with Gasteiger partial charge in [0.15, 0.2) is 9.84 Å². The van der Waals surface area contributed by atoms with Gasteiger partial charge in [-0.25, -0.2) is 8.42 Å². The fourth-order valence-electron chi connectivity index (χ4n) is 1.42. The van der Waals surface area contributed by atoms with Crippen LogP contribution in [0, 0.1) is 0 Å². The molecule has 0 radical (unpaired) electrons. The minimum atomic E-state index is -3.35. The van der Waals surface area contributed by atoms with Crippen molar-refractivity contribution in [1.29, 1.82) is 0 Å². The van der Waals surface area contributed by atoms with E-state index in [0.717, 1.165) is 5.56 Å². The van der Waals surface area contributed by atoms with Crippen molar-refractivity contribution in [3.05, 3.63) is 36.4 Å². The first kappa shape index (κ1) is 15.4. The SMILES string of the molecule is C=Cc1ccc(NC(=O)CCS(=O)(=O)CCO)cc1. The van der Waals surface area contributed by atoms with Gasteiger partial charge in [0.05, 0.1) is 18.1 Å². The molecule has 19 heavy (non-hydrogen) atoms. The summed E-state index contributed by atoms with van der Waals surface area (Å²) in [5.74, 6) is -0.939. The number of amides is 1. The molecule has 0 aliphatic heterocycles. The number of rotatable bonds is 7. The number of anilines is 1. The topological polar surface area (TPSA) is 83.5 Å². The van der Waals surface area contributed by atoms with Gasteiger partial charge in [0.2, 0.25) is 5.91 Å². The highest BCUT2D eigenvalue weighted by Crippen LogP contribution is 2.10. The molecule has 0 aliphatic carbocycles. The van der Waals surface area contributed by atoms with Crippen molar-refractivity contribution < 1.29 is 18.3 Å².